The van der Waals surface area contributed by atoms with Gasteiger partial charge in [-0.3, -0.25) is 9.69 Å². The van der Waals surface area contributed by atoms with Gasteiger partial charge >= 0.3 is 5.97 Å². The smallest absolute Gasteiger partial charge is 0.304 e. The van der Waals surface area contributed by atoms with Crippen LogP contribution in [0.2, 0.25) is 0 Å². The topological polar surface area (TPSA) is 59.0 Å². The van der Waals surface area contributed by atoms with Crippen LogP contribution in [0.25, 0.3) is 0 Å². The lowest BCUT2D eigenvalue weighted by Crippen LogP contribution is -2.30. The molecule has 3 aromatic carbocycles. The van der Waals surface area contributed by atoms with E-state index in [1.165, 1.54) is 16.7 Å². The third-order valence-electron chi connectivity index (χ3n) is 6.32. The summed E-state index contributed by atoms with van der Waals surface area (Å²) in [6.07, 6.45) is 1.03. The molecule has 0 saturated carbocycles. The van der Waals surface area contributed by atoms with Gasteiger partial charge in [-0.2, -0.15) is 0 Å². The summed E-state index contributed by atoms with van der Waals surface area (Å²) in [5.74, 6) is 6.31. The predicted molar refractivity (Wildman–Crippen MR) is 136 cm³/mol. The molecule has 5 heteroatoms. The maximum absolute atomic E-state index is 11.1. The van der Waals surface area contributed by atoms with E-state index in [-0.39, 0.29) is 12.3 Å². The Kier molecular flexibility index (Phi) is 8.07. The Morgan fingerprint density at radius 2 is 1.71 bits per heavy atom. The van der Waals surface area contributed by atoms with Crippen molar-refractivity contribution in [3.05, 3.63) is 94.5 Å². The van der Waals surface area contributed by atoms with E-state index in [9.17, 15) is 4.79 Å². The summed E-state index contributed by atoms with van der Waals surface area (Å²) >= 11 is 0. The minimum atomic E-state index is -0.854. The van der Waals surface area contributed by atoms with Gasteiger partial charge in [-0.25, -0.2) is 0 Å². The van der Waals surface area contributed by atoms with Crippen LogP contribution < -0.4 is 9.47 Å². The largest absolute Gasteiger partial charge is 0.497 e. The number of aliphatic carboxylic acids is 1. The van der Waals surface area contributed by atoms with Gasteiger partial charge in [-0.1, -0.05) is 48.4 Å². The second kappa shape index (κ2) is 11.6. The average molecular weight is 470 g/mol. The SMILES string of the molecule is CC#C[C@@H](CC(=O)O)c1ccc(OCc2ccc(CN3CCc4cc(OC)ccc4C3)cc2)cc1. The number of carbonyl (C=O) groups is 1. The zero-order valence-electron chi connectivity index (χ0n) is 20.3. The first kappa shape index (κ1) is 24.4. The molecule has 1 aliphatic rings. The van der Waals surface area contributed by atoms with Gasteiger partial charge in [0, 0.05) is 19.6 Å². The van der Waals surface area contributed by atoms with Gasteiger partial charge in [-0.15, -0.1) is 5.92 Å². The van der Waals surface area contributed by atoms with E-state index in [0.29, 0.717) is 6.61 Å². The number of methoxy groups -OCH3 is 1. The number of fused-ring (bicyclic) bond motifs is 1. The number of hydrogen-bond donors (Lipinski definition) is 1. The van der Waals surface area contributed by atoms with Crippen molar-refractivity contribution in [1.29, 1.82) is 0 Å². The van der Waals surface area contributed by atoms with Crippen molar-refractivity contribution in [2.45, 2.75) is 45.4 Å². The molecule has 1 heterocycles. The lowest BCUT2D eigenvalue weighted by atomic mass is 9.96. The molecule has 0 fully saturated rings. The first-order chi connectivity index (χ1) is 17.0. The number of rotatable bonds is 9. The molecule has 0 aliphatic carbocycles. The molecule has 4 rings (SSSR count). The summed E-state index contributed by atoms with van der Waals surface area (Å²) in [6, 6.07) is 22.5. The van der Waals surface area contributed by atoms with Crippen molar-refractivity contribution in [3.63, 3.8) is 0 Å². The quantitative estimate of drug-likeness (QED) is 0.425. The fraction of sp³-hybridized carbons (Fsp3) is 0.300. The fourth-order valence-corrected chi connectivity index (χ4v) is 4.41. The first-order valence-electron chi connectivity index (χ1n) is 11.9. The Balaban J connectivity index is 1.29. The predicted octanol–water partition coefficient (Wildman–Crippen LogP) is 5.41. The van der Waals surface area contributed by atoms with Crippen LogP contribution in [-0.4, -0.2) is 29.6 Å². The molecule has 0 saturated heterocycles. The van der Waals surface area contributed by atoms with Gasteiger partial charge in [0.25, 0.3) is 0 Å². The number of nitrogens with zero attached hydrogens (tertiary/aromatic N) is 1. The standard InChI is InChI=1S/C30H31NO4/c1-3-4-25(18-30(32)33)24-9-12-28(13-10-24)35-21-23-7-5-22(6-8-23)19-31-16-15-26-17-29(34-2)14-11-27(26)20-31/h5-14,17,25H,15-16,18-21H2,1-2H3,(H,32,33)/t25-/m0/s1. The van der Waals surface area contributed by atoms with Crippen LogP contribution in [0.4, 0.5) is 0 Å². The highest BCUT2D eigenvalue weighted by molar-refractivity contribution is 5.69. The van der Waals surface area contributed by atoms with E-state index in [1.807, 2.05) is 30.3 Å². The van der Waals surface area contributed by atoms with Crippen LogP contribution >= 0.6 is 0 Å². The van der Waals surface area contributed by atoms with Crippen molar-refractivity contribution < 1.29 is 19.4 Å². The van der Waals surface area contributed by atoms with Gasteiger partial charge < -0.3 is 14.6 Å². The van der Waals surface area contributed by atoms with Crippen molar-refractivity contribution >= 4 is 5.97 Å². The number of carboxylic acid groups (broad SMARTS) is 1. The number of hydrogen-bond acceptors (Lipinski definition) is 4. The summed E-state index contributed by atoms with van der Waals surface area (Å²) in [6.45, 7) is 5.12. The molecule has 1 N–H and O–H groups in total. The average Bonchev–Trinajstić information content (AvgIpc) is 2.88. The zero-order valence-corrected chi connectivity index (χ0v) is 20.3. The summed E-state index contributed by atoms with van der Waals surface area (Å²) < 4.78 is 11.3. The molecule has 180 valence electrons. The lowest BCUT2D eigenvalue weighted by molar-refractivity contribution is -0.137. The molecule has 0 bridgehead atoms. The Hall–Kier alpha value is -3.75. The third kappa shape index (κ3) is 6.65. The van der Waals surface area contributed by atoms with Gasteiger partial charge in [-0.05, 0) is 65.4 Å². The Bertz CT molecular complexity index is 1210. The third-order valence-corrected chi connectivity index (χ3v) is 6.32. The normalized spacial score (nSPS) is 13.8. The maximum Gasteiger partial charge on any atom is 0.304 e. The second-order valence-electron chi connectivity index (χ2n) is 8.81. The van der Waals surface area contributed by atoms with E-state index in [4.69, 9.17) is 14.6 Å². The summed E-state index contributed by atoms with van der Waals surface area (Å²) in [5.41, 5.74) is 6.05. The number of carboxylic acids is 1. The number of benzene rings is 3. The molecule has 0 unspecified atom stereocenters. The van der Waals surface area contributed by atoms with Crippen LogP contribution in [0.1, 0.15) is 47.1 Å². The van der Waals surface area contributed by atoms with Gasteiger partial charge in [0.2, 0.25) is 0 Å². The van der Waals surface area contributed by atoms with Crippen LogP contribution in [0.5, 0.6) is 11.5 Å². The highest BCUT2D eigenvalue weighted by Gasteiger charge is 2.17. The molecule has 0 amide bonds. The van der Waals surface area contributed by atoms with Gasteiger partial charge in [0.1, 0.15) is 18.1 Å². The molecule has 0 aromatic heterocycles. The van der Waals surface area contributed by atoms with Crippen molar-refractivity contribution in [2.24, 2.45) is 0 Å². The molecular formula is C30H31NO4. The fourth-order valence-electron chi connectivity index (χ4n) is 4.41. The molecule has 3 aromatic rings. The van der Waals surface area contributed by atoms with Crippen LogP contribution in [0, 0.1) is 11.8 Å². The molecule has 5 nitrogen and oxygen atoms in total. The first-order valence-corrected chi connectivity index (χ1v) is 11.9. The Labute approximate surface area is 207 Å². The molecule has 1 atom stereocenters. The molecule has 1 aliphatic heterocycles. The van der Waals surface area contributed by atoms with Gasteiger partial charge in [0.15, 0.2) is 0 Å². The highest BCUT2D eigenvalue weighted by atomic mass is 16.5. The minimum Gasteiger partial charge on any atom is -0.497 e. The summed E-state index contributed by atoms with van der Waals surface area (Å²) in [7, 11) is 1.71. The van der Waals surface area contributed by atoms with Crippen molar-refractivity contribution in [1.82, 2.24) is 4.90 Å². The van der Waals surface area contributed by atoms with Crippen molar-refractivity contribution in [3.8, 4) is 23.3 Å². The van der Waals surface area contributed by atoms with E-state index >= 15 is 0 Å². The monoisotopic (exact) mass is 469 g/mol. The Morgan fingerprint density at radius 1 is 1.00 bits per heavy atom. The summed E-state index contributed by atoms with van der Waals surface area (Å²) in [5, 5.41) is 9.11. The molecule has 35 heavy (non-hydrogen) atoms. The molecule has 0 radical (unpaired) electrons. The summed E-state index contributed by atoms with van der Waals surface area (Å²) in [4.78, 5) is 13.6. The maximum atomic E-state index is 11.1. The van der Waals surface area contributed by atoms with E-state index in [0.717, 1.165) is 48.7 Å². The van der Waals surface area contributed by atoms with E-state index in [2.05, 4.69) is 53.1 Å². The van der Waals surface area contributed by atoms with Gasteiger partial charge in [0.05, 0.1) is 19.4 Å². The van der Waals surface area contributed by atoms with Crippen LogP contribution in [-0.2, 0) is 30.9 Å². The van der Waals surface area contributed by atoms with Crippen molar-refractivity contribution in [2.75, 3.05) is 13.7 Å². The second-order valence-corrected chi connectivity index (χ2v) is 8.81. The minimum absolute atomic E-state index is 0.00786. The Morgan fingerprint density at radius 3 is 2.40 bits per heavy atom. The number of ether oxygens (including phenoxy) is 2. The van der Waals surface area contributed by atoms with Crippen LogP contribution in [0.15, 0.2) is 66.7 Å². The molecule has 0 spiro atoms. The van der Waals surface area contributed by atoms with E-state index < -0.39 is 5.97 Å². The zero-order chi connectivity index (χ0) is 24.6. The van der Waals surface area contributed by atoms with Crippen LogP contribution in [0.3, 0.4) is 0 Å². The molecular weight excluding hydrogens is 438 g/mol. The highest BCUT2D eigenvalue weighted by Crippen LogP contribution is 2.25. The lowest BCUT2D eigenvalue weighted by Gasteiger charge is -2.29. The van der Waals surface area contributed by atoms with E-state index in [1.54, 1.807) is 14.0 Å².